The first-order valence-corrected chi connectivity index (χ1v) is 13.2. The number of fused-ring (bicyclic) bond motifs is 3. The summed E-state index contributed by atoms with van der Waals surface area (Å²) in [5.74, 6) is 0.353. The summed E-state index contributed by atoms with van der Waals surface area (Å²) in [5.41, 5.74) is 4.79. The average molecular weight is 528 g/mol. The Kier molecular flexibility index (Phi) is 6.50. The molecular weight excluding hydrogens is 494 g/mol. The zero-order chi connectivity index (χ0) is 28.1. The molecule has 8 nitrogen and oxygen atoms in total. The highest BCUT2D eigenvalue weighted by Crippen LogP contribution is 2.50. The molecule has 39 heavy (non-hydrogen) atoms. The van der Waals surface area contributed by atoms with Crippen molar-refractivity contribution in [1.82, 2.24) is 9.80 Å². The second-order valence-corrected chi connectivity index (χ2v) is 11.8. The van der Waals surface area contributed by atoms with Gasteiger partial charge in [0.15, 0.2) is 12.4 Å². The Labute approximate surface area is 228 Å². The number of ether oxygens (including phenoxy) is 2. The van der Waals surface area contributed by atoms with Crippen molar-refractivity contribution in [2.75, 3.05) is 32.8 Å². The molecule has 1 heterocycles. The Bertz CT molecular complexity index is 1450. The largest absolute Gasteiger partial charge is 0.484 e. The molecule has 3 aliphatic rings. The van der Waals surface area contributed by atoms with E-state index < -0.39 is 11.0 Å². The van der Waals surface area contributed by atoms with Crippen LogP contribution in [-0.4, -0.2) is 66.0 Å². The number of carbonyl (C=O) groups excluding carboxylic acids is 3. The lowest BCUT2D eigenvalue weighted by atomic mass is 9.68. The molecule has 0 radical (unpaired) electrons. The number of benzene rings is 2. The third kappa shape index (κ3) is 4.89. The summed E-state index contributed by atoms with van der Waals surface area (Å²) in [5, 5.41) is 9.31. The van der Waals surface area contributed by atoms with E-state index in [4.69, 9.17) is 9.47 Å². The Hall–Kier alpha value is -4.12. The topological polar surface area (TPSA) is 99.9 Å². The van der Waals surface area contributed by atoms with Gasteiger partial charge in [-0.1, -0.05) is 19.9 Å². The van der Waals surface area contributed by atoms with Crippen molar-refractivity contribution in [2.24, 2.45) is 0 Å². The van der Waals surface area contributed by atoms with Crippen LogP contribution in [0, 0.1) is 11.3 Å². The minimum absolute atomic E-state index is 0.0201. The van der Waals surface area contributed by atoms with E-state index in [0.717, 1.165) is 27.8 Å². The van der Waals surface area contributed by atoms with E-state index in [-0.39, 0.29) is 24.4 Å². The average Bonchev–Trinajstić information content (AvgIpc) is 3.29. The van der Waals surface area contributed by atoms with E-state index in [1.165, 1.54) is 0 Å². The molecule has 5 rings (SSSR count). The van der Waals surface area contributed by atoms with Gasteiger partial charge in [0.2, 0.25) is 0 Å². The predicted octanol–water partition coefficient (Wildman–Crippen LogP) is 4.50. The Morgan fingerprint density at radius 1 is 1.00 bits per heavy atom. The van der Waals surface area contributed by atoms with Gasteiger partial charge in [-0.25, -0.2) is 4.79 Å². The number of ketones is 1. The van der Waals surface area contributed by atoms with Gasteiger partial charge < -0.3 is 19.3 Å². The van der Waals surface area contributed by atoms with Crippen LogP contribution in [0.2, 0.25) is 0 Å². The minimum Gasteiger partial charge on any atom is -0.484 e. The van der Waals surface area contributed by atoms with Crippen LogP contribution in [0.4, 0.5) is 4.79 Å². The first-order valence-electron chi connectivity index (χ1n) is 13.2. The van der Waals surface area contributed by atoms with Crippen LogP contribution in [0.25, 0.3) is 5.57 Å². The zero-order valence-electron chi connectivity index (χ0n) is 23.1. The lowest BCUT2D eigenvalue weighted by Crippen LogP contribution is -2.52. The molecule has 2 aromatic rings. The number of Topliss-reactive ketones (excluding diaryl/α,β-unsaturated/α-hetero) is 1. The number of rotatable bonds is 3. The summed E-state index contributed by atoms with van der Waals surface area (Å²) in [7, 11) is 0. The third-order valence-electron chi connectivity index (χ3n) is 7.71. The molecule has 0 aromatic heterocycles. The molecule has 2 amide bonds. The Morgan fingerprint density at radius 2 is 1.67 bits per heavy atom. The molecule has 0 saturated carbocycles. The SMILES string of the molecule is CC(C)(C)OC(=O)N1CCN(C(=O)COc2ccc3c(c2)C(C)(C)C2=C(C3=O)c3ccc(C#N)cc3C2)CC1. The van der Waals surface area contributed by atoms with Crippen LogP contribution in [0.5, 0.6) is 5.75 Å². The van der Waals surface area contributed by atoms with Gasteiger partial charge in [-0.3, -0.25) is 9.59 Å². The van der Waals surface area contributed by atoms with E-state index >= 15 is 0 Å². The number of nitrogens with zero attached hydrogens (tertiary/aromatic N) is 3. The third-order valence-corrected chi connectivity index (χ3v) is 7.71. The smallest absolute Gasteiger partial charge is 0.410 e. The Morgan fingerprint density at radius 3 is 2.33 bits per heavy atom. The highest BCUT2D eigenvalue weighted by molar-refractivity contribution is 6.33. The highest BCUT2D eigenvalue weighted by Gasteiger charge is 2.43. The molecule has 0 spiro atoms. The fourth-order valence-electron chi connectivity index (χ4n) is 5.61. The number of hydrogen-bond acceptors (Lipinski definition) is 6. The van der Waals surface area contributed by atoms with Gasteiger partial charge in [0.1, 0.15) is 11.4 Å². The predicted molar refractivity (Wildman–Crippen MR) is 145 cm³/mol. The number of amides is 2. The first-order chi connectivity index (χ1) is 18.4. The standard InChI is InChI=1S/C31H33N3O5/c1-30(2,3)39-29(37)34-12-10-33(11-13-34)26(35)18-38-21-7-9-23-24(16-21)31(4,5)25-15-20-14-19(17-32)6-8-22(20)27(25)28(23)36/h6-9,14,16H,10-13,15,18H2,1-5H3. The molecule has 8 heteroatoms. The van der Waals surface area contributed by atoms with Gasteiger partial charge >= 0.3 is 6.09 Å². The van der Waals surface area contributed by atoms with Gasteiger partial charge in [0.05, 0.1) is 11.6 Å². The van der Waals surface area contributed by atoms with Gasteiger partial charge in [-0.05, 0) is 79.8 Å². The minimum atomic E-state index is -0.563. The second-order valence-electron chi connectivity index (χ2n) is 11.8. The summed E-state index contributed by atoms with van der Waals surface area (Å²) in [4.78, 5) is 42.0. The van der Waals surface area contributed by atoms with Crippen molar-refractivity contribution in [3.05, 3.63) is 69.8 Å². The van der Waals surface area contributed by atoms with Crippen molar-refractivity contribution in [3.63, 3.8) is 0 Å². The fourth-order valence-corrected chi connectivity index (χ4v) is 5.61. The monoisotopic (exact) mass is 527 g/mol. The summed E-state index contributed by atoms with van der Waals surface area (Å²) in [6.45, 7) is 11.2. The van der Waals surface area contributed by atoms with Crippen LogP contribution in [-0.2, 0) is 21.4 Å². The number of allylic oxidation sites excluding steroid dienone is 2. The van der Waals surface area contributed by atoms with Crippen molar-refractivity contribution in [2.45, 2.75) is 52.1 Å². The summed E-state index contributed by atoms with van der Waals surface area (Å²) < 4.78 is 11.3. The van der Waals surface area contributed by atoms with Gasteiger partial charge in [0.25, 0.3) is 5.91 Å². The lowest BCUT2D eigenvalue weighted by molar-refractivity contribution is -0.135. The van der Waals surface area contributed by atoms with E-state index in [1.54, 1.807) is 28.0 Å². The van der Waals surface area contributed by atoms with Crippen molar-refractivity contribution in [1.29, 1.82) is 5.26 Å². The maximum absolute atomic E-state index is 13.6. The van der Waals surface area contributed by atoms with Crippen LogP contribution >= 0.6 is 0 Å². The molecule has 202 valence electrons. The summed E-state index contributed by atoms with van der Waals surface area (Å²) >= 11 is 0. The van der Waals surface area contributed by atoms with Crippen molar-refractivity contribution >= 4 is 23.4 Å². The molecule has 0 N–H and O–H groups in total. The van der Waals surface area contributed by atoms with Crippen LogP contribution in [0.1, 0.15) is 67.2 Å². The number of piperazine rings is 1. The summed E-state index contributed by atoms with van der Waals surface area (Å²) in [6.07, 6.45) is 0.253. The first kappa shape index (κ1) is 26.5. The molecule has 2 aliphatic carbocycles. The number of nitriles is 1. The normalized spacial score (nSPS) is 17.7. The molecular formula is C31H33N3O5. The van der Waals surface area contributed by atoms with Crippen molar-refractivity contribution in [3.8, 4) is 11.8 Å². The lowest BCUT2D eigenvalue weighted by Gasteiger charge is -2.35. The highest BCUT2D eigenvalue weighted by atomic mass is 16.6. The van der Waals surface area contributed by atoms with Crippen LogP contribution < -0.4 is 4.74 Å². The molecule has 0 atom stereocenters. The van der Waals surface area contributed by atoms with Gasteiger partial charge in [-0.15, -0.1) is 0 Å². The fraction of sp³-hybridized carbons (Fsp3) is 0.419. The number of carbonyl (C=O) groups is 3. The van der Waals surface area contributed by atoms with Crippen LogP contribution in [0.15, 0.2) is 42.0 Å². The zero-order valence-corrected chi connectivity index (χ0v) is 23.1. The van der Waals surface area contributed by atoms with E-state index in [2.05, 4.69) is 19.9 Å². The van der Waals surface area contributed by atoms with Crippen LogP contribution in [0.3, 0.4) is 0 Å². The quantitative estimate of drug-likeness (QED) is 0.583. The number of hydrogen-bond donors (Lipinski definition) is 0. The molecule has 1 aliphatic heterocycles. The second kappa shape index (κ2) is 9.57. The van der Waals surface area contributed by atoms with Gasteiger partial charge in [0, 0.05) is 42.7 Å². The summed E-state index contributed by atoms with van der Waals surface area (Å²) in [6, 6.07) is 13.1. The molecule has 1 saturated heterocycles. The van der Waals surface area contributed by atoms with E-state index in [0.29, 0.717) is 49.5 Å². The maximum Gasteiger partial charge on any atom is 0.410 e. The molecule has 0 unspecified atom stereocenters. The molecule has 0 bridgehead atoms. The molecule has 2 aromatic carbocycles. The van der Waals surface area contributed by atoms with Crippen molar-refractivity contribution < 1.29 is 23.9 Å². The van der Waals surface area contributed by atoms with Gasteiger partial charge in [-0.2, -0.15) is 5.26 Å². The van der Waals surface area contributed by atoms with E-state index in [1.807, 2.05) is 39.0 Å². The van der Waals surface area contributed by atoms with E-state index in [9.17, 15) is 19.6 Å². The Balaban J connectivity index is 1.25. The maximum atomic E-state index is 13.6. The molecule has 1 fully saturated rings.